The van der Waals surface area contributed by atoms with Crippen LogP contribution < -0.4 is 0 Å². The third-order valence-electron chi connectivity index (χ3n) is 6.38. The average molecular weight is 452 g/mol. The molecule has 0 N–H and O–H groups in total. The van der Waals surface area contributed by atoms with Crippen LogP contribution in [0.1, 0.15) is 47.3 Å². The van der Waals surface area contributed by atoms with Crippen LogP contribution in [-0.4, -0.2) is 51.1 Å². The second-order valence-corrected chi connectivity index (χ2v) is 9.63. The summed E-state index contributed by atoms with van der Waals surface area (Å²) in [6.07, 6.45) is 4.85. The summed E-state index contributed by atoms with van der Waals surface area (Å²) in [5.41, 5.74) is 6.48. The van der Waals surface area contributed by atoms with E-state index in [1.807, 2.05) is 19.9 Å². The molecule has 0 unspecified atom stereocenters. The van der Waals surface area contributed by atoms with E-state index in [1.54, 1.807) is 11.0 Å². The van der Waals surface area contributed by atoms with Crippen LogP contribution in [0.4, 0.5) is 4.79 Å². The van der Waals surface area contributed by atoms with Crippen molar-refractivity contribution in [2.24, 2.45) is 0 Å². The van der Waals surface area contributed by atoms with Crippen molar-refractivity contribution in [3.05, 3.63) is 57.2 Å². The minimum absolute atomic E-state index is 0.152. The van der Waals surface area contributed by atoms with Gasteiger partial charge in [0.25, 0.3) is 11.1 Å². The SMILES string of the molecule is Cc1ccc(-n2c(C)cc(/C=C3\SC(=O)N(CC(=O)N4CCCCC4)C3=O)c2C)cc1C. The fourth-order valence-corrected chi connectivity index (χ4v) is 5.18. The lowest BCUT2D eigenvalue weighted by Crippen LogP contribution is -2.44. The number of likely N-dealkylation sites (tertiary alicyclic amines) is 1. The summed E-state index contributed by atoms with van der Waals surface area (Å²) < 4.78 is 2.16. The largest absolute Gasteiger partial charge is 0.341 e. The molecule has 2 fully saturated rings. The van der Waals surface area contributed by atoms with Crippen LogP contribution in [0, 0.1) is 27.7 Å². The Morgan fingerprint density at radius 3 is 2.41 bits per heavy atom. The van der Waals surface area contributed by atoms with Gasteiger partial charge in [-0.15, -0.1) is 0 Å². The van der Waals surface area contributed by atoms with E-state index in [0.29, 0.717) is 18.0 Å². The van der Waals surface area contributed by atoms with Gasteiger partial charge in [-0.2, -0.15) is 0 Å². The van der Waals surface area contributed by atoms with Crippen molar-refractivity contribution in [3.63, 3.8) is 0 Å². The molecule has 0 atom stereocenters. The quantitative estimate of drug-likeness (QED) is 0.629. The summed E-state index contributed by atoms with van der Waals surface area (Å²) in [7, 11) is 0. The van der Waals surface area contributed by atoms with Crippen LogP contribution in [0.3, 0.4) is 0 Å². The third-order valence-corrected chi connectivity index (χ3v) is 7.29. The van der Waals surface area contributed by atoms with E-state index < -0.39 is 0 Å². The maximum absolute atomic E-state index is 12.9. The first-order valence-electron chi connectivity index (χ1n) is 11.1. The topological polar surface area (TPSA) is 62.6 Å². The molecule has 7 heteroatoms. The van der Waals surface area contributed by atoms with E-state index >= 15 is 0 Å². The Labute approximate surface area is 193 Å². The van der Waals surface area contributed by atoms with Gasteiger partial charge in [0.2, 0.25) is 5.91 Å². The normalized spacial score (nSPS) is 18.2. The second-order valence-electron chi connectivity index (χ2n) is 8.64. The Morgan fingerprint density at radius 1 is 1.00 bits per heavy atom. The molecule has 3 heterocycles. The fraction of sp³-hybridized carbons (Fsp3) is 0.400. The van der Waals surface area contributed by atoms with E-state index in [4.69, 9.17) is 0 Å². The number of rotatable bonds is 4. The number of hydrogen-bond acceptors (Lipinski definition) is 4. The lowest BCUT2D eigenvalue weighted by Gasteiger charge is -2.27. The number of thioether (sulfide) groups is 1. The van der Waals surface area contributed by atoms with Crippen molar-refractivity contribution in [1.82, 2.24) is 14.4 Å². The molecule has 2 aromatic rings. The first kappa shape index (κ1) is 22.4. The predicted octanol–water partition coefficient (Wildman–Crippen LogP) is 4.76. The third kappa shape index (κ3) is 4.26. The molecule has 0 saturated carbocycles. The zero-order valence-corrected chi connectivity index (χ0v) is 19.9. The van der Waals surface area contributed by atoms with Gasteiger partial charge in [0.05, 0.1) is 4.91 Å². The van der Waals surface area contributed by atoms with Gasteiger partial charge in [-0.3, -0.25) is 19.3 Å². The number of carbonyl (C=O) groups excluding carboxylic acids is 3. The molecule has 0 aliphatic carbocycles. The van der Waals surface area contributed by atoms with Gasteiger partial charge in [-0.25, -0.2) is 0 Å². The number of nitrogens with zero attached hydrogens (tertiary/aromatic N) is 3. The molecule has 1 aromatic carbocycles. The summed E-state index contributed by atoms with van der Waals surface area (Å²) in [5.74, 6) is -0.539. The lowest BCUT2D eigenvalue weighted by atomic mass is 10.1. The van der Waals surface area contributed by atoms with Crippen LogP contribution in [0.5, 0.6) is 0 Å². The van der Waals surface area contributed by atoms with Crippen molar-refractivity contribution in [2.75, 3.05) is 19.6 Å². The van der Waals surface area contributed by atoms with Crippen molar-refractivity contribution >= 4 is 34.9 Å². The molecule has 0 spiro atoms. The van der Waals surface area contributed by atoms with E-state index in [1.165, 1.54) is 11.1 Å². The zero-order chi connectivity index (χ0) is 23.0. The Balaban J connectivity index is 1.56. The Hall–Kier alpha value is -2.80. The van der Waals surface area contributed by atoms with Crippen molar-refractivity contribution < 1.29 is 14.4 Å². The number of aromatic nitrogens is 1. The molecular weight excluding hydrogens is 422 g/mol. The Morgan fingerprint density at radius 2 is 1.72 bits per heavy atom. The molecular formula is C25H29N3O3S. The first-order valence-corrected chi connectivity index (χ1v) is 11.9. The van der Waals surface area contributed by atoms with Gasteiger partial charge in [-0.1, -0.05) is 6.07 Å². The van der Waals surface area contributed by atoms with E-state index in [-0.39, 0.29) is 23.6 Å². The van der Waals surface area contributed by atoms with Gasteiger partial charge in [-0.05, 0) is 99.7 Å². The molecule has 168 valence electrons. The minimum atomic E-state index is -0.388. The van der Waals surface area contributed by atoms with Crippen LogP contribution >= 0.6 is 11.8 Å². The number of hydrogen-bond donors (Lipinski definition) is 0. The standard InChI is InChI=1S/C25H29N3O3S/c1-16-8-9-21(12-17(16)2)28-18(3)13-20(19(28)4)14-22-24(30)27(25(31)32-22)15-23(29)26-10-6-5-7-11-26/h8-9,12-14H,5-7,10-11,15H2,1-4H3/b22-14-. The second kappa shape index (κ2) is 8.98. The number of carbonyl (C=O) groups is 3. The van der Waals surface area contributed by atoms with Crippen molar-refractivity contribution in [1.29, 1.82) is 0 Å². The smallest absolute Gasteiger partial charge is 0.294 e. The van der Waals surface area contributed by atoms with E-state index in [9.17, 15) is 14.4 Å². The highest BCUT2D eigenvalue weighted by molar-refractivity contribution is 8.18. The van der Waals surface area contributed by atoms with Crippen LogP contribution in [-0.2, 0) is 9.59 Å². The molecule has 3 amide bonds. The molecule has 2 saturated heterocycles. The molecule has 1 aromatic heterocycles. The van der Waals surface area contributed by atoms with Crippen LogP contribution in [0.15, 0.2) is 29.2 Å². The summed E-state index contributed by atoms with van der Waals surface area (Å²) in [4.78, 5) is 41.2. The number of benzene rings is 1. The van der Waals surface area contributed by atoms with E-state index in [2.05, 4.69) is 36.6 Å². The summed E-state index contributed by atoms with van der Waals surface area (Å²) >= 11 is 0.908. The van der Waals surface area contributed by atoms with Gasteiger partial charge < -0.3 is 9.47 Å². The van der Waals surface area contributed by atoms with Crippen LogP contribution in [0.2, 0.25) is 0 Å². The van der Waals surface area contributed by atoms with Gasteiger partial charge in [0.15, 0.2) is 0 Å². The molecule has 2 aliphatic heterocycles. The van der Waals surface area contributed by atoms with Gasteiger partial charge in [0, 0.05) is 30.2 Å². The Kier molecular flexibility index (Phi) is 6.29. The molecule has 4 rings (SSSR count). The van der Waals surface area contributed by atoms with Crippen molar-refractivity contribution in [2.45, 2.75) is 47.0 Å². The van der Waals surface area contributed by atoms with Crippen molar-refractivity contribution in [3.8, 4) is 5.69 Å². The van der Waals surface area contributed by atoms with Gasteiger partial charge >= 0.3 is 0 Å². The summed E-state index contributed by atoms with van der Waals surface area (Å²) in [6, 6.07) is 8.37. The monoisotopic (exact) mass is 451 g/mol. The number of piperidine rings is 1. The highest BCUT2D eigenvalue weighted by atomic mass is 32.2. The maximum atomic E-state index is 12.9. The molecule has 0 bridgehead atoms. The average Bonchev–Trinajstić information content (AvgIpc) is 3.20. The molecule has 0 radical (unpaired) electrons. The number of aryl methyl sites for hydroxylation is 3. The highest BCUT2D eigenvalue weighted by Gasteiger charge is 2.37. The lowest BCUT2D eigenvalue weighted by molar-refractivity contribution is -0.136. The molecule has 6 nitrogen and oxygen atoms in total. The number of amides is 3. The summed E-state index contributed by atoms with van der Waals surface area (Å²) in [6.45, 7) is 9.45. The first-order chi connectivity index (χ1) is 15.3. The van der Waals surface area contributed by atoms with E-state index in [0.717, 1.165) is 58.6 Å². The highest BCUT2D eigenvalue weighted by Crippen LogP contribution is 2.34. The Bertz CT molecular complexity index is 1130. The minimum Gasteiger partial charge on any atom is -0.341 e. The van der Waals surface area contributed by atoms with Crippen LogP contribution in [0.25, 0.3) is 11.8 Å². The van der Waals surface area contributed by atoms with Gasteiger partial charge in [0.1, 0.15) is 6.54 Å². The number of imide groups is 1. The summed E-state index contributed by atoms with van der Waals surface area (Å²) in [5, 5.41) is -0.380. The predicted molar refractivity (Wildman–Crippen MR) is 128 cm³/mol. The maximum Gasteiger partial charge on any atom is 0.294 e. The molecule has 2 aliphatic rings. The fourth-order valence-electron chi connectivity index (χ4n) is 4.35. The zero-order valence-electron chi connectivity index (χ0n) is 19.1. The molecule has 32 heavy (non-hydrogen) atoms.